The monoisotopic (exact) mass is 241 g/mol. The van der Waals surface area contributed by atoms with E-state index in [0.717, 1.165) is 0 Å². The fraction of sp³-hybridized carbons (Fsp3) is 0.364. The highest BCUT2D eigenvalue weighted by Gasteiger charge is 2.18. The van der Waals surface area contributed by atoms with Crippen LogP contribution in [0.25, 0.3) is 0 Å². The number of para-hydroxylation sites is 1. The van der Waals surface area contributed by atoms with Gasteiger partial charge in [0.25, 0.3) is 0 Å². The summed E-state index contributed by atoms with van der Waals surface area (Å²) in [7, 11) is 0. The van der Waals surface area contributed by atoms with Crippen LogP contribution in [0.4, 0.5) is 11.4 Å². The fourth-order valence-electron chi connectivity index (χ4n) is 1.52. The Kier molecular flexibility index (Phi) is 4.01. The lowest BCUT2D eigenvalue weighted by Gasteiger charge is -2.29. The van der Waals surface area contributed by atoms with Crippen molar-refractivity contribution >= 4 is 28.9 Å². The Balaban J connectivity index is 3.15. The molecule has 0 unspecified atom stereocenters. The number of carbonyl (C=O) groups excluding carboxylic acids is 1. The average Bonchev–Trinajstić information content (AvgIpc) is 2.15. The van der Waals surface area contributed by atoms with E-state index in [0.29, 0.717) is 16.4 Å². The Morgan fingerprint density at radius 3 is 2.56 bits per heavy atom. The van der Waals surface area contributed by atoms with E-state index in [1.54, 1.807) is 23.1 Å². The standard InChI is InChI=1S/C11H16ClN3O/c1-7(2)15(6-10(14)16)11-8(12)4-3-5-9(11)13/h3-5,7H,6,13H2,1-2H3,(H2,14,16). The number of hydrogen-bond acceptors (Lipinski definition) is 3. The number of halogens is 1. The van der Waals surface area contributed by atoms with Crippen LogP contribution in [-0.2, 0) is 4.79 Å². The summed E-state index contributed by atoms with van der Waals surface area (Å²) < 4.78 is 0. The van der Waals surface area contributed by atoms with Crippen molar-refractivity contribution in [2.45, 2.75) is 19.9 Å². The van der Waals surface area contributed by atoms with Crippen molar-refractivity contribution in [2.75, 3.05) is 17.2 Å². The average molecular weight is 242 g/mol. The van der Waals surface area contributed by atoms with E-state index in [1.165, 1.54) is 0 Å². The van der Waals surface area contributed by atoms with Crippen LogP contribution in [-0.4, -0.2) is 18.5 Å². The van der Waals surface area contributed by atoms with Gasteiger partial charge in [0.15, 0.2) is 0 Å². The normalized spacial score (nSPS) is 10.5. The van der Waals surface area contributed by atoms with Gasteiger partial charge in [0, 0.05) is 6.04 Å². The van der Waals surface area contributed by atoms with Crippen molar-refractivity contribution in [2.24, 2.45) is 5.73 Å². The van der Waals surface area contributed by atoms with Gasteiger partial charge in [0.2, 0.25) is 5.91 Å². The van der Waals surface area contributed by atoms with Gasteiger partial charge in [-0.15, -0.1) is 0 Å². The minimum Gasteiger partial charge on any atom is -0.397 e. The van der Waals surface area contributed by atoms with Gasteiger partial charge in [-0.1, -0.05) is 17.7 Å². The number of rotatable bonds is 4. The van der Waals surface area contributed by atoms with Crippen molar-refractivity contribution < 1.29 is 4.79 Å². The summed E-state index contributed by atoms with van der Waals surface area (Å²) in [5.74, 6) is -0.409. The zero-order chi connectivity index (χ0) is 12.3. The number of anilines is 2. The van der Waals surface area contributed by atoms with Crippen molar-refractivity contribution in [1.29, 1.82) is 0 Å². The molecule has 0 aliphatic heterocycles. The first kappa shape index (κ1) is 12.6. The maximum absolute atomic E-state index is 11.0. The van der Waals surface area contributed by atoms with E-state index in [2.05, 4.69) is 0 Å². The number of nitrogens with two attached hydrogens (primary N) is 2. The number of nitrogen functional groups attached to an aromatic ring is 1. The van der Waals surface area contributed by atoms with E-state index < -0.39 is 5.91 Å². The smallest absolute Gasteiger partial charge is 0.236 e. The lowest BCUT2D eigenvalue weighted by molar-refractivity contribution is -0.116. The summed E-state index contributed by atoms with van der Waals surface area (Å²) in [6.45, 7) is 4.00. The number of carbonyl (C=O) groups is 1. The van der Waals surface area contributed by atoms with Gasteiger partial charge in [-0.3, -0.25) is 4.79 Å². The zero-order valence-corrected chi connectivity index (χ0v) is 10.2. The first-order chi connectivity index (χ1) is 7.43. The quantitative estimate of drug-likeness (QED) is 0.787. The van der Waals surface area contributed by atoms with Crippen LogP contribution in [0.2, 0.25) is 5.02 Å². The van der Waals surface area contributed by atoms with Crippen LogP contribution < -0.4 is 16.4 Å². The van der Waals surface area contributed by atoms with E-state index in [1.807, 2.05) is 13.8 Å². The zero-order valence-electron chi connectivity index (χ0n) is 9.40. The Morgan fingerprint density at radius 2 is 2.12 bits per heavy atom. The lowest BCUT2D eigenvalue weighted by Crippen LogP contribution is -2.39. The summed E-state index contributed by atoms with van der Waals surface area (Å²) in [5.41, 5.74) is 12.3. The number of amides is 1. The lowest BCUT2D eigenvalue weighted by atomic mass is 10.2. The molecule has 0 bridgehead atoms. The molecule has 1 aromatic rings. The number of primary amides is 1. The molecule has 88 valence electrons. The Hall–Kier alpha value is -1.42. The molecule has 0 saturated carbocycles. The van der Waals surface area contributed by atoms with E-state index in [4.69, 9.17) is 23.1 Å². The summed E-state index contributed by atoms with van der Waals surface area (Å²) >= 11 is 6.08. The molecule has 0 fully saturated rings. The highest BCUT2D eigenvalue weighted by atomic mass is 35.5. The molecular formula is C11H16ClN3O. The Labute approximate surface area is 100 Å². The first-order valence-electron chi connectivity index (χ1n) is 5.02. The highest BCUT2D eigenvalue weighted by molar-refractivity contribution is 6.34. The molecule has 0 saturated heterocycles. The molecule has 5 heteroatoms. The molecule has 4 N–H and O–H groups in total. The minimum atomic E-state index is -0.409. The van der Waals surface area contributed by atoms with Crippen LogP contribution in [0, 0.1) is 0 Å². The molecule has 1 aromatic carbocycles. The fourth-order valence-corrected chi connectivity index (χ4v) is 1.81. The maximum Gasteiger partial charge on any atom is 0.236 e. The molecule has 0 radical (unpaired) electrons. The topological polar surface area (TPSA) is 72.3 Å². The Bertz CT molecular complexity index is 373. The van der Waals surface area contributed by atoms with Crippen LogP contribution in [0.3, 0.4) is 0 Å². The van der Waals surface area contributed by atoms with Crippen molar-refractivity contribution in [1.82, 2.24) is 0 Å². The first-order valence-corrected chi connectivity index (χ1v) is 5.40. The van der Waals surface area contributed by atoms with Crippen LogP contribution in [0.1, 0.15) is 13.8 Å². The van der Waals surface area contributed by atoms with E-state index in [9.17, 15) is 4.79 Å². The summed E-state index contributed by atoms with van der Waals surface area (Å²) in [5, 5.41) is 0.523. The largest absolute Gasteiger partial charge is 0.397 e. The van der Waals surface area contributed by atoms with Gasteiger partial charge < -0.3 is 16.4 Å². The Morgan fingerprint density at radius 1 is 1.50 bits per heavy atom. The van der Waals surface area contributed by atoms with Gasteiger partial charge in [-0.2, -0.15) is 0 Å². The van der Waals surface area contributed by atoms with Crippen molar-refractivity contribution in [3.63, 3.8) is 0 Å². The van der Waals surface area contributed by atoms with Gasteiger partial charge in [-0.05, 0) is 26.0 Å². The van der Waals surface area contributed by atoms with Crippen molar-refractivity contribution in [3.8, 4) is 0 Å². The van der Waals surface area contributed by atoms with E-state index >= 15 is 0 Å². The predicted octanol–water partition coefficient (Wildman–Crippen LogP) is 1.62. The second-order valence-electron chi connectivity index (χ2n) is 3.87. The van der Waals surface area contributed by atoms with Gasteiger partial charge >= 0.3 is 0 Å². The van der Waals surface area contributed by atoms with Crippen molar-refractivity contribution in [3.05, 3.63) is 23.2 Å². The third kappa shape index (κ3) is 2.79. The highest BCUT2D eigenvalue weighted by Crippen LogP contribution is 2.32. The molecule has 1 rings (SSSR count). The van der Waals surface area contributed by atoms with Crippen LogP contribution >= 0.6 is 11.6 Å². The molecule has 16 heavy (non-hydrogen) atoms. The molecule has 0 aliphatic rings. The number of hydrogen-bond donors (Lipinski definition) is 2. The SMILES string of the molecule is CC(C)N(CC(N)=O)c1c(N)cccc1Cl. The van der Waals surface area contributed by atoms with Crippen LogP contribution in [0.15, 0.2) is 18.2 Å². The molecule has 4 nitrogen and oxygen atoms in total. The number of nitrogens with zero attached hydrogens (tertiary/aromatic N) is 1. The molecular weight excluding hydrogens is 226 g/mol. The third-order valence-corrected chi connectivity index (χ3v) is 2.56. The molecule has 0 spiro atoms. The minimum absolute atomic E-state index is 0.0923. The van der Waals surface area contributed by atoms with E-state index in [-0.39, 0.29) is 12.6 Å². The van der Waals surface area contributed by atoms with Gasteiger partial charge in [0.05, 0.1) is 22.9 Å². The second-order valence-corrected chi connectivity index (χ2v) is 4.27. The summed E-state index contributed by atoms with van der Waals surface area (Å²) in [6.07, 6.45) is 0. The van der Waals surface area contributed by atoms with Crippen LogP contribution in [0.5, 0.6) is 0 Å². The number of benzene rings is 1. The maximum atomic E-state index is 11.0. The second kappa shape index (κ2) is 5.07. The summed E-state index contributed by atoms with van der Waals surface area (Å²) in [4.78, 5) is 12.8. The molecule has 1 amide bonds. The van der Waals surface area contributed by atoms with Gasteiger partial charge in [0.1, 0.15) is 0 Å². The molecule has 0 aromatic heterocycles. The molecule has 0 atom stereocenters. The van der Waals surface area contributed by atoms with Gasteiger partial charge in [-0.25, -0.2) is 0 Å². The molecule has 0 aliphatic carbocycles. The third-order valence-electron chi connectivity index (χ3n) is 2.25. The predicted molar refractivity (Wildman–Crippen MR) is 67.5 cm³/mol. The summed E-state index contributed by atoms with van der Waals surface area (Å²) in [6, 6.07) is 5.35. The molecule has 0 heterocycles.